The topological polar surface area (TPSA) is 15.6 Å². The van der Waals surface area contributed by atoms with Crippen molar-refractivity contribution in [2.45, 2.75) is 105 Å². The second-order valence-corrected chi connectivity index (χ2v) is 13.7. The molecule has 3 heteroatoms. The third-order valence-corrected chi connectivity index (χ3v) is 8.26. The van der Waals surface area contributed by atoms with Crippen LogP contribution in [0, 0.1) is 0 Å². The molecule has 201 valence electrons. The molecule has 38 heavy (non-hydrogen) atoms. The summed E-state index contributed by atoms with van der Waals surface area (Å²) in [7, 11) is 0. The molecular formula is C35H47GeN2. The minimum atomic E-state index is 0.103. The van der Waals surface area contributed by atoms with Crippen molar-refractivity contribution in [3.05, 3.63) is 94.0 Å². The molecule has 2 nitrogen and oxygen atoms in total. The van der Waals surface area contributed by atoms with E-state index in [1.54, 1.807) is 0 Å². The molecule has 0 bridgehead atoms. The average Bonchev–Trinajstić information content (AvgIpc) is 2.85. The Morgan fingerprint density at radius 2 is 1.03 bits per heavy atom. The Balaban J connectivity index is 2.38. The molecule has 3 aromatic rings. The van der Waals surface area contributed by atoms with Gasteiger partial charge in [0.05, 0.1) is 0 Å². The first-order valence-corrected chi connectivity index (χ1v) is 15.1. The van der Waals surface area contributed by atoms with Crippen LogP contribution in [0.15, 0.2) is 65.7 Å². The van der Waals surface area contributed by atoms with Gasteiger partial charge in [-0.2, -0.15) is 0 Å². The second-order valence-electron chi connectivity index (χ2n) is 12.8. The number of hydrogen-bond acceptors (Lipinski definition) is 1. The molecule has 0 fully saturated rings. The molecule has 0 aliphatic rings. The summed E-state index contributed by atoms with van der Waals surface area (Å²) in [5.41, 5.74) is 10.3. The molecule has 0 aliphatic carbocycles. The quantitative estimate of drug-likeness (QED) is 0.157. The number of aliphatic imine (C=N–C) groups is 1. The van der Waals surface area contributed by atoms with E-state index in [-0.39, 0.29) is 5.41 Å². The van der Waals surface area contributed by atoms with Crippen molar-refractivity contribution < 1.29 is 0 Å². The Hall–Kier alpha value is -2.33. The maximum absolute atomic E-state index is 5.58. The average molecular weight is 568 g/mol. The zero-order valence-corrected chi connectivity index (χ0v) is 27.6. The number of nitrogens with zero attached hydrogens (tertiary/aromatic N) is 2. The second kappa shape index (κ2) is 12.2. The van der Waals surface area contributed by atoms with Gasteiger partial charge in [0, 0.05) is 0 Å². The van der Waals surface area contributed by atoms with Crippen molar-refractivity contribution in [1.82, 2.24) is 0 Å². The fourth-order valence-electron chi connectivity index (χ4n) is 4.99. The first kappa shape index (κ1) is 30.2. The van der Waals surface area contributed by atoms with Gasteiger partial charge in [-0.05, 0) is 0 Å². The Morgan fingerprint density at radius 1 is 0.632 bits per heavy atom. The fraction of sp³-hybridized carbons (Fsp3) is 0.457. The summed E-state index contributed by atoms with van der Waals surface area (Å²) in [6.07, 6.45) is 0. The predicted molar refractivity (Wildman–Crippen MR) is 169 cm³/mol. The Labute approximate surface area is 241 Å². The van der Waals surface area contributed by atoms with Gasteiger partial charge in [-0.25, -0.2) is 0 Å². The summed E-state index contributed by atoms with van der Waals surface area (Å²) in [5, 5.41) is 0. The summed E-state index contributed by atoms with van der Waals surface area (Å²) >= 11 is 2.20. The molecule has 3 aromatic carbocycles. The van der Waals surface area contributed by atoms with Gasteiger partial charge in [-0.1, -0.05) is 0 Å². The zero-order chi connectivity index (χ0) is 28.4. The van der Waals surface area contributed by atoms with E-state index in [1.807, 2.05) is 0 Å². The van der Waals surface area contributed by atoms with Crippen molar-refractivity contribution in [1.29, 1.82) is 0 Å². The van der Waals surface area contributed by atoms with Gasteiger partial charge < -0.3 is 0 Å². The van der Waals surface area contributed by atoms with Crippen LogP contribution < -0.4 is 3.86 Å². The minimum absolute atomic E-state index is 0.103. The number of hydrogen-bond donors (Lipinski definition) is 0. The normalized spacial score (nSPS) is 12.8. The number of amidine groups is 1. The van der Waals surface area contributed by atoms with E-state index < -0.39 is 0 Å². The van der Waals surface area contributed by atoms with E-state index in [0.717, 1.165) is 17.1 Å². The van der Waals surface area contributed by atoms with Crippen molar-refractivity contribution in [3.63, 3.8) is 0 Å². The number of anilines is 1. The van der Waals surface area contributed by atoms with Crippen LogP contribution in [-0.2, 0) is 5.41 Å². The van der Waals surface area contributed by atoms with Gasteiger partial charge in [-0.15, -0.1) is 0 Å². The van der Waals surface area contributed by atoms with Crippen molar-refractivity contribution >= 4 is 33.9 Å². The Bertz CT molecular complexity index is 1210. The standard InChI is InChI=1S/C35H47GeN2/c1-22(2)28-14-12-15-29(23(3)4)32(28)37-34(26-18-20-27(21-19-26)35(9,10)11)38(36)33-30(24(5)6)16-13-17-31(33)25(7)8/h12-25H,1-11H3. The maximum atomic E-state index is 5.58. The van der Waals surface area contributed by atoms with Crippen molar-refractivity contribution in [2.75, 3.05) is 3.86 Å². The zero-order valence-electron chi connectivity index (χ0n) is 25.5. The van der Waals surface area contributed by atoms with E-state index in [4.69, 9.17) is 4.99 Å². The number of rotatable bonds is 7. The molecule has 0 unspecified atom stereocenters. The van der Waals surface area contributed by atoms with Gasteiger partial charge in [0.1, 0.15) is 0 Å². The Kier molecular flexibility index (Phi) is 9.73. The van der Waals surface area contributed by atoms with Crippen LogP contribution in [-0.4, -0.2) is 22.6 Å². The molecule has 0 N–H and O–H groups in total. The molecule has 0 spiro atoms. The third kappa shape index (κ3) is 6.62. The molecule has 0 aromatic heterocycles. The van der Waals surface area contributed by atoms with Crippen LogP contribution in [0.25, 0.3) is 0 Å². The summed E-state index contributed by atoms with van der Waals surface area (Å²) in [5.74, 6) is 2.58. The molecule has 0 atom stereocenters. The predicted octanol–water partition coefficient (Wildman–Crippen LogP) is 10.1. The molecular weight excluding hydrogens is 521 g/mol. The summed E-state index contributed by atoms with van der Waals surface area (Å²) in [4.78, 5) is 5.58. The summed E-state index contributed by atoms with van der Waals surface area (Å²) in [6, 6.07) is 22.5. The van der Waals surface area contributed by atoms with Crippen molar-refractivity contribution in [3.8, 4) is 0 Å². The van der Waals surface area contributed by atoms with Crippen molar-refractivity contribution in [2.24, 2.45) is 4.99 Å². The Morgan fingerprint density at radius 3 is 1.39 bits per heavy atom. The van der Waals surface area contributed by atoms with E-state index in [1.165, 1.54) is 33.5 Å². The summed E-state index contributed by atoms with van der Waals surface area (Å²) in [6.45, 7) is 25.0. The van der Waals surface area contributed by atoms with E-state index in [2.05, 4.69) is 157 Å². The number of para-hydroxylation sites is 2. The van der Waals surface area contributed by atoms with Crippen LogP contribution >= 0.6 is 0 Å². The van der Waals surface area contributed by atoms with Crippen LogP contribution in [0.2, 0.25) is 0 Å². The van der Waals surface area contributed by atoms with Gasteiger partial charge in [0.25, 0.3) is 0 Å². The fourth-order valence-corrected chi connectivity index (χ4v) is 5.90. The molecule has 0 amide bonds. The van der Waals surface area contributed by atoms with Crippen LogP contribution in [0.4, 0.5) is 11.4 Å². The van der Waals surface area contributed by atoms with E-state index in [9.17, 15) is 0 Å². The molecule has 3 radical (unpaired) electrons. The first-order valence-electron chi connectivity index (χ1n) is 14.2. The monoisotopic (exact) mass is 569 g/mol. The molecule has 0 saturated carbocycles. The van der Waals surface area contributed by atoms with Gasteiger partial charge in [0.15, 0.2) is 0 Å². The van der Waals surface area contributed by atoms with E-state index >= 15 is 0 Å². The molecule has 3 rings (SSSR count). The first-order chi connectivity index (χ1) is 17.7. The molecule has 0 aliphatic heterocycles. The molecule has 0 heterocycles. The summed E-state index contributed by atoms with van der Waals surface area (Å²) < 4.78 is 2.36. The van der Waals surface area contributed by atoms with Crippen LogP contribution in [0.1, 0.15) is 133 Å². The molecule has 0 saturated heterocycles. The number of benzene rings is 3. The SMILES string of the molecule is CC(C)c1cccc(C(C)C)c1N=C(c1ccc(C(C)(C)C)cc1)[N]([Ge])c1c(C(C)C)cccc1C(C)C. The van der Waals surface area contributed by atoms with E-state index in [0.29, 0.717) is 23.7 Å². The van der Waals surface area contributed by atoms with Gasteiger partial charge in [-0.3, -0.25) is 0 Å². The van der Waals surface area contributed by atoms with Crippen LogP contribution in [0.3, 0.4) is 0 Å². The van der Waals surface area contributed by atoms with Gasteiger partial charge in [0.2, 0.25) is 0 Å². The third-order valence-electron chi connectivity index (χ3n) is 7.35. The van der Waals surface area contributed by atoms with Gasteiger partial charge >= 0.3 is 242 Å². The van der Waals surface area contributed by atoms with Crippen LogP contribution in [0.5, 0.6) is 0 Å².